The van der Waals surface area contributed by atoms with Crippen molar-refractivity contribution in [3.63, 3.8) is 0 Å². The molecule has 1 fully saturated rings. The summed E-state index contributed by atoms with van der Waals surface area (Å²) in [6, 6.07) is 11.8. The van der Waals surface area contributed by atoms with E-state index in [1.165, 1.54) is 0 Å². The molecule has 0 spiro atoms. The molecule has 0 aliphatic carbocycles. The molecule has 2 aliphatic rings. The molecule has 2 aromatic carbocycles. The number of rotatable bonds is 7. The zero-order chi connectivity index (χ0) is 22.7. The van der Waals surface area contributed by atoms with Gasteiger partial charge >= 0.3 is 0 Å². The molecule has 0 saturated carbocycles. The highest BCUT2D eigenvalue weighted by molar-refractivity contribution is 6.01. The van der Waals surface area contributed by atoms with Crippen LogP contribution < -0.4 is 29.7 Å². The van der Waals surface area contributed by atoms with E-state index < -0.39 is 12.0 Å². The molecular formula is C23H25N3O6. The Morgan fingerprint density at radius 1 is 1.16 bits per heavy atom. The van der Waals surface area contributed by atoms with Gasteiger partial charge < -0.3 is 29.7 Å². The van der Waals surface area contributed by atoms with Crippen LogP contribution in [0.25, 0.3) is 0 Å². The van der Waals surface area contributed by atoms with Crippen LogP contribution in [-0.4, -0.2) is 44.2 Å². The lowest BCUT2D eigenvalue weighted by Crippen LogP contribution is -2.46. The van der Waals surface area contributed by atoms with Gasteiger partial charge in [-0.25, -0.2) is 0 Å². The van der Waals surface area contributed by atoms with E-state index in [1.807, 2.05) is 12.1 Å². The summed E-state index contributed by atoms with van der Waals surface area (Å²) in [7, 11) is 1.57. The van der Waals surface area contributed by atoms with E-state index in [0.29, 0.717) is 29.5 Å². The number of methoxy groups -OCH3 is 1. The molecule has 168 valence electrons. The highest BCUT2D eigenvalue weighted by Crippen LogP contribution is 2.32. The second-order valence-electron chi connectivity index (χ2n) is 7.74. The predicted molar refractivity (Wildman–Crippen MR) is 115 cm³/mol. The Hall–Kier alpha value is -3.75. The molecule has 0 bridgehead atoms. The van der Waals surface area contributed by atoms with Crippen LogP contribution in [0, 0.1) is 5.92 Å². The molecular weight excluding hydrogens is 414 g/mol. The van der Waals surface area contributed by atoms with Gasteiger partial charge in [0.05, 0.1) is 13.0 Å². The molecule has 2 aromatic rings. The van der Waals surface area contributed by atoms with Crippen molar-refractivity contribution in [1.29, 1.82) is 0 Å². The number of hydrogen-bond donors (Lipinski definition) is 2. The molecule has 32 heavy (non-hydrogen) atoms. The molecule has 4 rings (SSSR count). The molecule has 9 heteroatoms. The Bertz CT molecular complexity index is 1020. The third kappa shape index (κ3) is 4.61. The SMILES string of the molecule is COc1ccc(N2C[C@H](C(=O)N[C@@H](C)C(=O)NCc3ccc4c(c3)OCO4)CC2=O)cc1. The van der Waals surface area contributed by atoms with Crippen LogP contribution in [0.1, 0.15) is 18.9 Å². The first-order chi connectivity index (χ1) is 15.4. The summed E-state index contributed by atoms with van der Waals surface area (Å²) in [6.45, 7) is 2.37. The molecule has 3 amide bonds. The van der Waals surface area contributed by atoms with Crippen molar-refractivity contribution in [2.24, 2.45) is 5.92 Å². The van der Waals surface area contributed by atoms with E-state index in [9.17, 15) is 14.4 Å². The number of ether oxygens (including phenoxy) is 3. The van der Waals surface area contributed by atoms with Crippen LogP contribution >= 0.6 is 0 Å². The van der Waals surface area contributed by atoms with Gasteiger partial charge in [-0.3, -0.25) is 14.4 Å². The first-order valence-electron chi connectivity index (χ1n) is 10.4. The molecule has 0 unspecified atom stereocenters. The lowest BCUT2D eigenvalue weighted by molar-refractivity contribution is -0.131. The number of anilines is 1. The van der Waals surface area contributed by atoms with E-state index in [-0.39, 0.29) is 37.5 Å². The highest BCUT2D eigenvalue weighted by Gasteiger charge is 2.36. The molecule has 0 radical (unpaired) electrons. The van der Waals surface area contributed by atoms with Gasteiger partial charge in [-0.05, 0) is 48.9 Å². The van der Waals surface area contributed by atoms with Crippen LogP contribution in [0.4, 0.5) is 5.69 Å². The maximum atomic E-state index is 12.7. The fraction of sp³-hybridized carbons (Fsp3) is 0.348. The summed E-state index contributed by atoms with van der Waals surface area (Å²) in [4.78, 5) is 39.1. The monoisotopic (exact) mass is 439 g/mol. The minimum atomic E-state index is -0.735. The van der Waals surface area contributed by atoms with E-state index in [2.05, 4.69) is 10.6 Å². The highest BCUT2D eigenvalue weighted by atomic mass is 16.7. The number of amides is 3. The van der Waals surface area contributed by atoms with Gasteiger partial charge in [0.2, 0.25) is 24.5 Å². The zero-order valence-electron chi connectivity index (χ0n) is 17.9. The molecule has 2 aliphatic heterocycles. The summed E-state index contributed by atoms with van der Waals surface area (Å²) >= 11 is 0. The molecule has 2 heterocycles. The average molecular weight is 439 g/mol. The second kappa shape index (κ2) is 9.17. The number of carbonyl (C=O) groups is 3. The van der Waals surface area contributed by atoms with Gasteiger partial charge in [0.15, 0.2) is 11.5 Å². The summed E-state index contributed by atoms with van der Waals surface area (Å²) in [6.07, 6.45) is 0.101. The fourth-order valence-electron chi connectivity index (χ4n) is 3.68. The lowest BCUT2D eigenvalue weighted by Gasteiger charge is -2.18. The van der Waals surface area contributed by atoms with Gasteiger partial charge in [-0.1, -0.05) is 6.07 Å². The minimum absolute atomic E-state index is 0.101. The third-order valence-electron chi connectivity index (χ3n) is 5.54. The Morgan fingerprint density at radius 2 is 1.91 bits per heavy atom. The largest absolute Gasteiger partial charge is 0.497 e. The molecule has 9 nitrogen and oxygen atoms in total. The number of benzene rings is 2. The second-order valence-corrected chi connectivity index (χ2v) is 7.74. The summed E-state index contributed by atoms with van der Waals surface area (Å²) < 4.78 is 15.7. The Labute approximate surface area is 185 Å². The van der Waals surface area contributed by atoms with Gasteiger partial charge in [-0.15, -0.1) is 0 Å². The standard InChI is InChI=1S/C23H25N3O6/c1-14(22(28)24-11-15-3-8-19-20(9-15)32-13-31-19)25-23(29)16-10-21(27)26(12-16)17-4-6-18(30-2)7-5-17/h3-9,14,16H,10-13H2,1-2H3,(H,24,28)(H,25,29)/t14-,16+/m0/s1. The van der Waals surface area contributed by atoms with Gasteiger partial charge in [0.1, 0.15) is 11.8 Å². The summed E-state index contributed by atoms with van der Waals surface area (Å²) in [5.41, 5.74) is 1.57. The Kier molecular flexibility index (Phi) is 6.16. The Morgan fingerprint density at radius 3 is 2.66 bits per heavy atom. The van der Waals surface area contributed by atoms with Crippen molar-refractivity contribution >= 4 is 23.4 Å². The zero-order valence-corrected chi connectivity index (χ0v) is 17.9. The van der Waals surface area contributed by atoms with Crippen LogP contribution in [0.3, 0.4) is 0 Å². The van der Waals surface area contributed by atoms with E-state index in [1.54, 1.807) is 49.3 Å². The van der Waals surface area contributed by atoms with Crippen molar-refractivity contribution in [2.75, 3.05) is 25.3 Å². The first kappa shape index (κ1) is 21.5. The number of nitrogens with one attached hydrogen (secondary N) is 2. The van der Waals surface area contributed by atoms with E-state index >= 15 is 0 Å². The van der Waals surface area contributed by atoms with Crippen molar-refractivity contribution < 1.29 is 28.6 Å². The molecule has 1 saturated heterocycles. The van der Waals surface area contributed by atoms with Crippen molar-refractivity contribution in [2.45, 2.75) is 25.9 Å². The van der Waals surface area contributed by atoms with Gasteiger partial charge in [0, 0.05) is 25.2 Å². The van der Waals surface area contributed by atoms with E-state index in [4.69, 9.17) is 14.2 Å². The van der Waals surface area contributed by atoms with E-state index in [0.717, 1.165) is 5.56 Å². The summed E-state index contributed by atoms with van der Waals surface area (Å²) in [5.74, 6) is 0.729. The topological polar surface area (TPSA) is 106 Å². The molecule has 2 N–H and O–H groups in total. The lowest BCUT2D eigenvalue weighted by atomic mass is 10.1. The Balaban J connectivity index is 1.28. The van der Waals surface area contributed by atoms with Crippen LogP contribution in [0.15, 0.2) is 42.5 Å². The number of carbonyl (C=O) groups excluding carboxylic acids is 3. The predicted octanol–water partition coefficient (Wildman–Crippen LogP) is 1.60. The maximum Gasteiger partial charge on any atom is 0.242 e. The van der Waals surface area contributed by atoms with Crippen molar-refractivity contribution in [3.8, 4) is 17.2 Å². The number of hydrogen-bond acceptors (Lipinski definition) is 6. The minimum Gasteiger partial charge on any atom is -0.497 e. The molecule has 2 atom stereocenters. The maximum absolute atomic E-state index is 12.7. The van der Waals surface area contributed by atoms with Crippen LogP contribution in [0.2, 0.25) is 0 Å². The number of fused-ring (bicyclic) bond motifs is 1. The fourth-order valence-corrected chi connectivity index (χ4v) is 3.68. The smallest absolute Gasteiger partial charge is 0.242 e. The third-order valence-corrected chi connectivity index (χ3v) is 5.54. The summed E-state index contributed by atoms with van der Waals surface area (Å²) in [5, 5.41) is 5.52. The van der Waals surface area contributed by atoms with Crippen LogP contribution in [0.5, 0.6) is 17.2 Å². The van der Waals surface area contributed by atoms with Crippen LogP contribution in [-0.2, 0) is 20.9 Å². The normalized spacial score (nSPS) is 17.8. The molecule has 0 aromatic heterocycles. The van der Waals surface area contributed by atoms with Crippen molar-refractivity contribution in [1.82, 2.24) is 10.6 Å². The van der Waals surface area contributed by atoms with Crippen molar-refractivity contribution in [3.05, 3.63) is 48.0 Å². The first-order valence-corrected chi connectivity index (χ1v) is 10.4. The van der Waals surface area contributed by atoms with Gasteiger partial charge in [-0.2, -0.15) is 0 Å². The quantitative estimate of drug-likeness (QED) is 0.679. The average Bonchev–Trinajstić information content (AvgIpc) is 3.43. The van der Waals surface area contributed by atoms with Gasteiger partial charge in [0.25, 0.3) is 0 Å². The number of nitrogens with zero attached hydrogens (tertiary/aromatic N) is 1.